The number of aromatic nitrogens is 1. The minimum absolute atomic E-state index is 0.0390. The number of hydrogen-bond acceptors (Lipinski definition) is 3. The predicted molar refractivity (Wildman–Crippen MR) is 44.9 cm³/mol. The molecule has 0 atom stereocenters. The van der Waals surface area contributed by atoms with Gasteiger partial charge < -0.3 is 5.11 Å². The third-order valence-corrected chi connectivity index (χ3v) is 1.55. The molecular formula is C9H11NO2. The van der Waals surface area contributed by atoms with Gasteiger partial charge in [0, 0.05) is 31.0 Å². The number of nitrogens with zero attached hydrogens (tertiary/aromatic N) is 1. The summed E-state index contributed by atoms with van der Waals surface area (Å²) in [6, 6.07) is 3.46. The lowest BCUT2D eigenvalue weighted by Crippen LogP contribution is -2.00. The molecule has 0 aliphatic carbocycles. The van der Waals surface area contributed by atoms with Gasteiger partial charge in [-0.1, -0.05) is 0 Å². The summed E-state index contributed by atoms with van der Waals surface area (Å²) >= 11 is 0. The number of rotatable bonds is 4. The third kappa shape index (κ3) is 2.43. The number of hydrogen-bond donors (Lipinski definition) is 1. The molecule has 12 heavy (non-hydrogen) atoms. The molecule has 0 spiro atoms. The van der Waals surface area contributed by atoms with Crippen LogP contribution >= 0.6 is 0 Å². The number of pyridine rings is 1. The molecule has 1 rings (SSSR count). The van der Waals surface area contributed by atoms with Crippen LogP contribution in [0.3, 0.4) is 0 Å². The highest BCUT2D eigenvalue weighted by Gasteiger charge is 2.03. The minimum atomic E-state index is 0.0390. The van der Waals surface area contributed by atoms with Gasteiger partial charge in [0.2, 0.25) is 0 Å². The SMILES string of the molecule is O=C(CCCO)c1cccnc1. The molecule has 0 saturated carbocycles. The second-order valence-electron chi connectivity index (χ2n) is 2.49. The van der Waals surface area contributed by atoms with Crippen LogP contribution in [0.15, 0.2) is 24.5 Å². The Bertz CT molecular complexity index is 246. The van der Waals surface area contributed by atoms with E-state index in [-0.39, 0.29) is 12.4 Å². The molecule has 0 saturated heterocycles. The van der Waals surface area contributed by atoms with Crippen LogP contribution in [0.4, 0.5) is 0 Å². The van der Waals surface area contributed by atoms with Crippen LogP contribution in [-0.2, 0) is 0 Å². The summed E-state index contributed by atoms with van der Waals surface area (Å²) in [5, 5.41) is 8.49. The highest BCUT2D eigenvalue weighted by Crippen LogP contribution is 2.02. The molecular weight excluding hydrogens is 154 g/mol. The zero-order valence-corrected chi connectivity index (χ0v) is 6.73. The second kappa shape index (κ2) is 4.62. The summed E-state index contributed by atoms with van der Waals surface area (Å²) in [4.78, 5) is 15.1. The number of aliphatic hydroxyl groups excluding tert-OH is 1. The maximum absolute atomic E-state index is 11.3. The number of carbonyl (C=O) groups is 1. The average Bonchev–Trinajstić information content (AvgIpc) is 2.15. The first kappa shape index (κ1) is 8.87. The maximum atomic E-state index is 11.3. The van der Waals surface area contributed by atoms with E-state index in [2.05, 4.69) is 4.98 Å². The lowest BCUT2D eigenvalue weighted by molar-refractivity contribution is 0.0971. The molecule has 64 valence electrons. The lowest BCUT2D eigenvalue weighted by Gasteiger charge is -1.97. The van der Waals surface area contributed by atoms with Gasteiger partial charge in [-0.25, -0.2) is 0 Å². The zero-order valence-electron chi connectivity index (χ0n) is 6.73. The highest BCUT2D eigenvalue weighted by atomic mass is 16.3. The van der Waals surface area contributed by atoms with Crippen molar-refractivity contribution < 1.29 is 9.90 Å². The molecule has 0 fully saturated rings. The van der Waals surface area contributed by atoms with Crippen molar-refractivity contribution in [3.05, 3.63) is 30.1 Å². The molecule has 1 aromatic heterocycles. The summed E-state index contributed by atoms with van der Waals surface area (Å²) in [5.41, 5.74) is 0.617. The Kier molecular flexibility index (Phi) is 3.41. The van der Waals surface area contributed by atoms with E-state index >= 15 is 0 Å². The molecule has 1 N–H and O–H groups in total. The van der Waals surface area contributed by atoms with Crippen molar-refractivity contribution in [2.45, 2.75) is 12.8 Å². The highest BCUT2D eigenvalue weighted by molar-refractivity contribution is 5.95. The van der Waals surface area contributed by atoms with E-state index in [1.165, 1.54) is 0 Å². The van der Waals surface area contributed by atoms with E-state index in [4.69, 9.17) is 5.11 Å². The molecule has 1 aromatic rings. The molecule has 0 amide bonds. The van der Waals surface area contributed by atoms with Crippen LogP contribution in [0.1, 0.15) is 23.2 Å². The van der Waals surface area contributed by atoms with Crippen molar-refractivity contribution in [3.63, 3.8) is 0 Å². The van der Waals surface area contributed by atoms with Crippen LogP contribution < -0.4 is 0 Å². The fourth-order valence-electron chi connectivity index (χ4n) is 0.912. The smallest absolute Gasteiger partial charge is 0.164 e. The monoisotopic (exact) mass is 165 g/mol. The Balaban J connectivity index is 2.54. The largest absolute Gasteiger partial charge is 0.396 e. The van der Waals surface area contributed by atoms with Gasteiger partial charge >= 0.3 is 0 Å². The van der Waals surface area contributed by atoms with Crippen LogP contribution in [0, 0.1) is 0 Å². The minimum Gasteiger partial charge on any atom is -0.396 e. The van der Waals surface area contributed by atoms with Crippen LogP contribution in [0.5, 0.6) is 0 Å². The second-order valence-corrected chi connectivity index (χ2v) is 2.49. The Morgan fingerprint density at radius 1 is 1.58 bits per heavy atom. The quantitative estimate of drug-likeness (QED) is 0.678. The predicted octanol–water partition coefficient (Wildman–Crippen LogP) is 1.04. The fourth-order valence-corrected chi connectivity index (χ4v) is 0.912. The summed E-state index contributed by atoms with van der Waals surface area (Å²) in [5.74, 6) is 0.0390. The van der Waals surface area contributed by atoms with E-state index in [1.54, 1.807) is 24.5 Å². The standard InChI is InChI=1S/C9H11NO2/c11-6-2-4-9(12)8-3-1-5-10-7-8/h1,3,5,7,11H,2,4,6H2. The van der Waals surface area contributed by atoms with Gasteiger partial charge in [0.15, 0.2) is 5.78 Å². The van der Waals surface area contributed by atoms with Gasteiger partial charge in [-0.3, -0.25) is 9.78 Å². The topological polar surface area (TPSA) is 50.2 Å². The van der Waals surface area contributed by atoms with E-state index in [0.29, 0.717) is 18.4 Å². The van der Waals surface area contributed by atoms with E-state index in [0.717, 1.165) is 0 Å². The Hall–Kier alpha value is -1.22. The van der Waals surface area contributed by atoms with Crippen molar-refractivity contribution in [2.24, 2.45) is 0 Å². The van der Waals surface area contributed by atoms with E-state index in [1.807, 2.05) is 0 Å². The Labute approximate surface area is 71.1 Å². The number of Topliss-reactive ketones (excluding diaryl/α,β-unsaturated/α-hetero) is 1. The summed E-state index contributed by atoms with van der Waals surface area (Å²) in [6.07, 6.45) is 4.08. The zero-order chi connectivity index (χ0) is 8.81. The molecule has 0 unspecified atom stereocenters. The Morgan fingerprint density at radius 3 is 3.00 bits per heavy atom. The first-order valence-electron chi connectivity index (χ1n) is 3.88. The normalized spacial score (nSPS) is 9.75. The average molecular weight is 165 g/mol. The molecule has 0 bridgehead atoms. The first-order chi connectivity index (χ1) is 5.84. The fraction of sp³-hybridized carbons (Fsp3) is 0.333. The molecule has 0 aliphatic rings. The van der Waals surface area contributed by atoms with Crippen molar-refractivity contribution in [1.82, 2.24) is 4.98 Å². The van der Waals surface area contributed by atoms with Crippen molar-refractivity contribution in [1.29, 1.82) is 0 Å². The third-order valence-electron chi connectivity index (χ3n) is 1.55. The molecule has 1 heterocycles. The van der Waals surface area contributed by atoms with Gasteiger partial charge in [-0.2, -0.15) is 0 Å². The van der Waals surface area contributed by atoms with Gasteiger partial charge in [-0.05, 0) is 18.6 Å². The van der Waals surface area contributed by atoms with Crippen LogP contribution in [-0.4, -0.2) is 22.5 Å². The van der Waals surface area contributed by atoms with Gasteiger partial charge in [0.25, 0.3) is 0 Å². The van der Waals surface area contributed by atoms with Crippen LogP contribution in [0.2, 0.25) is 0 Å². The molecule has 3 heteroatoms. The molecule has 3 nitrogen and oxygen atoms in total. The number of ketones is 1. The molecule has 0 radical (unpaired) electrons. The first-order valence-corrected chi connectivity index (χ1v) is 3.88. The summed E-state index contributed by atoms with van der Waals surface area (Å²) in [7, 11) is 0. The number of carbonyl (C=O) groups excluding carboxylic acids is 1. The van der Waals surface area contributed by atoms with Gasteiger partial charge in [0.05, 0.1) is 0 Å². The van der Waals surface area contributed by atoms with Crippen molar-refractivity contribution in [2.75, 3.05) is 6.61 Å². The maximum Gasteiger partial charge on any atom is 0.164 e. The van der Waals surface area contributed by atoms with Crippen LogP contribution in [0.25, 0.3) is 0 Å². The Morgan fingerprint density at radius 2 is 2.42 bits per heavy atom. The van der Waals surface area contributed by atoms with E-state index < -0.39 is 0 Å². The van der Waals surface area contributed by atoms with Crippen molar-refractivity contribution in [3.8, 4) is 0 Å². The van der Waals surface area contributed by atoms with Gasteiger partial charge in [0.1, 0.15) is 0 Å². The van der Waals surface area contributed by atoms with Crippen molar-refractivity contribution >= 4 is 5.78 Å². The van der Waals surface area contributed by atoms with Gasteiger partial charge in [-0.15, -0.1) is 0 Å². The summed E-state index contributed by atoms with van der Waals surface area (Å²) in [6.45, 7) is 0.0615. The molecule has 0 aromatic carbocycles. The molecule has 0 aliphatic heterocycles. The number of aliphatic hydroxyl groups is 1. The lowest BCUT2D eigenvalue weighted by atomic mass is 10.1. The summed E-state index contributed by atoms with van der Waals surface area (Å²) < 4.78 is 0. The van der Waals surface area contributed by atoms with E-state index in [9.17, 15) is 4.79 Å².